The molecule has 0 radical (unpaired) electrons. The van der Waals surface area contributed by atoms with Crippen LogP contribution in [0.15, 0.2) is 30.3 Å². The number of benzene rings is 1. The summed E-state index contributed by atoms with van der Waals surface area (Å²) < 4.78 is 5.74. The van der Waals surface area contributed by atoms with E-state index in [1.165, 1.54) is 11.1 Å². The van der Waals surface area contributed by atoms with Crippen LogP contribution in [0.3, 0.4) is 0 Å². The van der Waals surface area contributed by atoms with Crippen molar-refractivity contribution in [3.63, 3.8) is 0 Å². The summed E-state index contributed by atoms with van der Waals surface area (Å²) in [6.45, 7) is 6.08. The van der Waals surface area contributed by atoms with Crippen LogP contribution >= 0.6 is 11.6 Å². The number of aromatic nitrogens is 1. The van der Waals surface area contributed by atoms with Gasteiger partial charge in [0, 0.05) is 17.6 Å². The minimum atomic E-state index is 0.475. The summed E-state index contributed by atoms with van der Waals surface area (Å²) in [6.07, 6.45) is 0. The van der Waals surface area contributed by atoms with E-state index in [0.717, 1.165) is 17.0 Å². The number of aryl methyl sites for hydroxylation is 3. The molecule has 2 rings (SSSR count). The van der Waals surface area contributed by atoms with Gasteiger partial charge in [0.15, 0.2) is 0 Å². The molecule has 0 unspecified atom stereocenters. The first-order valence-corrected chi connectivity index (χ1v) is 6.41. The number of hydrogen-bond acceptors (Lipinski definition) is 2. The minimum Gasteiger partial charge on any atom is -0.439 e. The van der Waals surface area contributed by atoms with Gasteiger partial charge in [-0.05, 0) is 49.6 Å². The monoisotopic (exact) mass is 261 g/mol. The zero-order chi connectivity index (χ0) is 13.1. The van der Waals surface area contributed by atoms with Crippen molar-refractivity contribution in [2.45, 2.75) is 26.7 Å². The van der Waals surface area contributed by atoms with Crippen LogP contribution < -0.4 is 4.74 Å². The van der Waals surface area contributed by atoms with Crippen LogP contribution in [-0.2, 0) is 5.88 Å². The van der Waals surface area contributed by atoms with E-state index < -0.39 is 0 Å². The normalized spacial score (nSPS) is 10.4. The summed E-state index contributed by atoms with van der Waals surface area (Å²) in [6, 6.07) is 9.81. The van der Waals surface area contributed by atoms with Gasteiger partial charge in [-0.2, -0.15) is 0 Å². The molecule has 0 bridgehead atoms. The van der Waals surface area contributed by atoms with Gasteiger partial charge in [0.25, 0.3) is 0 Å². The molecule has 0 atom stereocenters. The first-order valence-electron chi connectivity index (χ1n) is 5.87. The third-order valence-corrected chi connectivity index (χ3v) is 3.30. The maximum atomic E-state index is 5.80. The third kappa shape index (κ3) is 2.82. The number of ether oxygens (including phenoxy) is 1. The lowest BCUT2D eigenvalue weighted by atomic mass is 10.1. The molecule has 94 valence electrons. The quantitative estimate of drug-likeness (QED) is 0.757. The Kier molecular flexibility index (Phi) is 3.87. The van der Waals surface area contributed by atoms with Crippen LogP contribution in [-0.4, -0.2) is 4.98 Å². The van der Waals surface area contributed by atoms with Crippen molar-refractivity contribution in [2.24, 2.45) is 0 Å². The lowest BCUT2D eigenvalue weighted by Crippen LogP contribution is -1.94. The molecule has 0 N–H and O–H groups in total. The van der Waals surface area contributed by atoms with Crippen LogP contribution in [0, 0.1) is 20.8 Å². The van der Waals surface area contributed by atoms with Crippen molar-refractivity contribution in [3.05, 3.63) is 52.7 Å². The van der Waals surface area contributed by atoms with Gasteiger partial charge >= 0.3 is 0 Å². The van der Waals surface area contributed by atoms with Gasteiger partial charge in [-0.1, -0.05) is 12.1 Å². The average Bonchev–Trinajstić information content (AvgIpc) is 2.34. The van der Waals surface area contributed by atoms with Gasteiger partial charge in [0.2, 0.25) is 5.88 Å². The largest absolute Gasteiger partial charge is 0.439 e. The molecular weight excluding hydrogens is 246 g/mol. The number of rotatable bonds is 3. The Labute approximate surface area is 113 Å². The average molecular weight is 262 g/mol. The molecule has 0 aliphatic heterocycles. The van der Waals surface area contributed by atoms with Crippen molar-refractivity contribution in [3.8, 4) is 11.6 Å². The van der Waals surface area contributed by atoms with E-state index in [-0.39, 0.29) is 0 Å². The Morgan fingerprint density at radius 1 is 1.06 bits per heavy atom. The maximum Gasteiger partial charge on any atom is 0.219 e. The van der Waals surface area contributed by atoms with E-state index in [0.29, 0.717) is 11.8 Å². The second-order valence-corrected chi connectivity index (χ2v) is 4.64. The van der Waals surface area contributed by atoms with Crippen molar-refractivity contribution in [1.82, 2.24) is 4.98 Å². The fraction of sp³-hybridized carbons (Fsp3) is 0.267. The Bertz CT molecular complexity index is 566. The van der Waals surface area contributed by atoms with Crippen LogP contribution in [0.1, 0.15) is 22.4 Å². The topological polar surface area (TPSA) is 22.1 Å². The Balaban J connectivity index is 2.23. The van der Waals surface area contributed by atoms with Crippen LogP contribution in [0.4, 0.5) is 0 Å². The lowest BCUT2D eigenvalue weighted by Gasteiger charge is -2.09. The van der Waals surface area contributed by atoms with Crippen LogP contribution in [0.5, 0.6) is 11.6 Å². The summed E-state index contributed by atoms with van der Waals surface area (Å²) in [5, 5.41) is 0. The van der Waals surface area contributed by atoms with Gasteiger partial charge in [-0.3, -0.25) is 0 Å². The predicted molar refractivity (Wildman–Crippen MR) is 74.5 cm³/mol. The zero-order valence-electron chi connectivity index (χ0n) is 10.8. The molecule has 1 aromatic heterocycles. The predicted octanol–water partition coefficient (Wildman–Crippen LogP) is 4.54. The summed E-state index contributed by atoms with van der Waals surface area (Å²) in [7, 11) is 0. The summed E-state index contributed by atoms with van der Waals surface area (Å²) in [4.78, 5) is 4.38. The van der Waals surface area contributed by atoms with Gasteiger partial charge in [-0.15, -0.1) is 11.6 Å². The third-order valence-electron chi connectivity index (χ3n) is 3.01. The van der Waals surface area contributed by atoms with Crippen molar-refractivity contribution >= 4 is 11.6 Å². The van der Waals surface area contributed by atoms with Gasteiger partial charge < -0.3 is 4.74 Å². The van der Waals surface area contributed by atoms with E-state index in [1.54, 1.807) is 0 Å². The zero-order valence-corrected chi connectivity index (χ0v) is 11.6. The first-order chi connectivity index (χ1) is 8.60. The highest BCUT2D eigenvalue weighted by Crippen LogP contribution is 2.23. The molecular formula is C15H16ClNO. The second kappa shape index (κ2) is 5.40. The summed E-state index contributed by atoms with van der Waals surface area (Å²) in [5.41, 5.74) is 4.40. The Morgan fingerprint density at radius 3 is 2.44 bits per heavy atom. The molecule has 2 aromatic rings. The van der Waals surface area contributed by atoms with Crippen molar-refractivity contribution < 1.29 is 4.74 Å². The highest BCUT2D eigenvalue weighted by atomic mass is 35.5. The second-order valence-electron chi connectivity index (χ2n) is 4.38. The van der Waals surface area contributed by atoms with E-state index in [1.807, 2.05) is 37.3 Å². The number of pyridine rings is 1. The Hall–Kier alpha value is -1.54. The van der Waals surface area contributed by atoms with E-state index >= 15 is 0 Å². The smallest absolute Gasteiger partial charge is 0.219 e. The Morgan fingerprint density at radius 2 is 1.83 bits per heavy atom. The molecule has 0 saturated heterocycles. The highest BCUT2D eigenvalue weighted by molar-refractivity contribution is 6.17. The molecule has 18 heavy (non-hydrogen) atoms. The molecule has 0 aliphatic carbocycles. The van der Waals surface area contributed by atoms with E-state index in [9.17, 15) is 0 Å². The fourth-order valence-electron chi connectivity index (χ4n) is 1.66. The molecule has 1 aromatic carbocycles. The molecule has 0 saturated carbocycles. The van der Waals surface area contributed by atoms with E-state index in [2.05, 4.69) is 18.8 Å². The number of nitrogens with zero attached hydrogens (tertiary/aromatic N) is 1. The summed E-state index contributed by atoms with van der Waals surface area (Å²) in [5.74, 6) is 1.89. The van der Waals surface area contributed by atoms with Crippen molar-refractivity contribution in [2.75, 3.05) is 0 Å². The van der Waals surface area contributed by atoms with Gasteiger partial charge in [0.05, 0.1) is 0 Å². The van der Waals surface area contributed by atoms with Crippen LogP contribution in [0.25, 0.3) is 0 Å². The highest BCUT2D eigenvalue weighted by Gasteiger charge is 2.04. The number of alkyl halides is 1. The molecule has 0 aliphatic rings. The lowest BCUT2D eigenvalue weighted by molar-refractivity contribution is 0.461. The molecule has 0 spiro atoms. The summed E-state index contributed by atoms with van der Waals surface area (Å²) >= 11 is 5.80. The standard InChI is InChI=1S/C15H16ClNO/c1-10-4-6-14(8-11(10)2)18-15-7-5-13(9-16)12(3)17-15/h4-8H,9H2,1-3H3. The molecule has 0 amide bonds. The first kappa shape index (κ1) is 12.9. The molecule has 2 nitrogen and oxygen atoms in total. The van der Waals surface area contributed by atoms with Crippen LogP contribution in [0.2, 0.25) is 0 Å². The minimum absolute atomic E-state index is 0.475. The molecule has 3 heteroatoms. The SMILES string of the molecule is Cc1ccc(Oc2ccc(CCl)c(C)n2)cc1C. The van der Waals surface area contributed by atoms with Gasteiger partial charge in [0.1, 0.15) is 5.75 Å². The number of hydrogen-bond donors (Lipinski definition) is 0. The number of halogens is 1. The molecule has 0 fully saturated rings. The molecule has 1 heterocycles. The maximum absolute atomic E-state index is 5.80. The van der Waals surface area contributed by atoms with Gasteiger partial charge in [-0.25, -0.2) is 4.98 Å². The van der Waals surface area contributed by atoms with Crippen molar-refractivity contribution in [1.29, 1.82) is 0 Å². The van der Waals surface area contributed by atoms with E-state index in [4.69, 9.17) is 16.3 Å². The fourth-order valence-corrected chi connectivity index (χ4v) is 1.95.